The molecule has 25 heavy (non-hydrogen) atoms. The monoisotopic (exact) mass is 344 g/mol. The molecule has 138 valence electrons. The minimum Gasteiger partial charge on any atom is -0.352 e. The summed E-state index contributed by atoms with van der Waals surface area (Å²) in [5, 5.41) is 6.51. The lowest BCUT2D eigenvalue weighted by molar-refractivity contribution is 0.0949. The van der Waals surface area contributed by atoms with Gasteiger partial charge in [-0.2, -0.15) is 0 Å². The molecule has 0 aliphatic carbocycles. The van der Waals surface area contributed by atoms with Crippen molar-refractivity contribution in [2.45, 2.75) is 25.2 Å². The van der Waals surface area contributed by atoms with Gasteiger partial charge in [-0.15, -0.1) is 0 Å². The average molecular weight is 345 g/mol. The normalized spacial score (nSPS) is 22.7. The first-order valence-electron chi connectivity index (χ1n) is 9.72. The van der Waals surface area contributed by atoms with Crippen LogP contribution in [0.5, 0.6) is 0 Å². The van der Waals surface area contributed by atoms with Crippen LogP contribution in [-0.2, 0) is 0 Å². The molecule has 2 aliphatic rings. The van der Waals surface area contributed by atoms with Gasteiger partial charge in [0, 0.05) is 44.8 Å². The molecular formula is C20H32N4O. The Hall–Kier alpha value is -1.43. The number of carbonyl (C=O) groups is 1. The molecule has 0 bridgehead atoms. The molecule has 0 spiro atoms. The Labute approximate surface area is 151 Å². The van der Waals surface area contributed by atoms with E-state index in [0.29, 0.717) is 5.92 Å². The van der Waals surface area contributed by atoms with E-state index in [1.165, 1.54) is 18.4 Å². The molecule has 5 heteroatoms. The van der Waals surface area contributed by atoms with Gasteiger partial charge in [0.15, 0.2) is 0 Å². The molecular weight excluding hydrogens is 312 g/mol. The van der Waals surface area contributed by atoms with Crippen LogP contribution in [0, 0.1) is 0 Å². The predicted octanol–water partition coefficient (Wildman–Crippen LogP) is 1.52. The number of hydrogen-bond acceptors (Lipinski definition) is 4. The van der Waals surface area contributed by atoms with Gasteiger partial charge < -0.3 is 20.4 Å². The molecule has 1 atom stereocenters. The number of hydrogen-bond donors (Lipinski definition) is 2. The molecule has 2 heterocycles. The van der Waals surface area contributed by atoms with Crippen molar-refractivity contribution in [2.24, 2.45) is 0 Å². The number of nitrogens with zero attached hydrogens (tertiary/aromatic N) is 2. The first kappa shape index (κ1) is 18.4. The maximum Gasteiger partial charge on any atom is 0.251 e. The molecule has 0 unspecified atom stereocenters. The number of benzene rings is 1. The zero-order chi connectivity index (χ0) is 17.5. The fraction of sp³-hybridized carbons (Fsp3) is 0.650. The van der Waals surface area contributed by atoms with Crippen LogP contribution in [0.1, 0.15) is 41.1 Å². The maximum atomic E-state index is 12.3. The SMILES string of the molecule is CN1CCN(CCCNC(=O)c2ccc([C@@H]3CCCNC3)cc2)CC1. The van der Waals surface area contributed by atoms with E-state index in [0.717, 1.165) is 64.3 Å². The van der Waals surface area contributed by atoms with E-state index in [4.69, 9.17) is 0 Å². The molecule has 5 nitrogen and oxygen atoms in total. The largest absolute Gasteiger partial charge is 0.352 e. The van der Waals surface area contributed by atoms with E-state index in [2.05, 4.69) is 39.6 Å². The van der Waals surface area contributed by atoms with Crippen LogP contribution in [0.25, 0.3) is 0 Å². The van der Waals surface area contributed by atoms with Crippen LogP contribution < -0.4 is 10.6 Å². The minimum atomic E-state index is 0.0479. The molecule has 1 aromatic carbocycles. The molecule has 2 N–H and O–H groups in total. The van der Waals surface area contributed by atoms with Crippen molar-refractivity contribution < 1.29 is 4.79 Å². The van der Waals surface area contributed by atoms with Gasteiger partial charge in [0.1, 0.15) is 0 Å². The third-order valence-corrected chi connectivity index (χ3v) is 5.47. The van der Waals surface area contributed by atoms with Crippen molar-refractivity contribution in [1.82, 2.24) is 20.4 Å². The second-order valence-corrected chi connectivity index (χ2v) is 7.42. The summed E-state index contributed by atoms with van der Waals surface area (Å²) in [4.78, 5) is 17.1. The quantitative estimate of drug-likeness (QED) is 0.768. The van der Waals surface area contributed by atoms with Crippen LogP contribution in [-0.4, -0.2) is 75.1 Å². The Balaban J connectivity index is 1.37. The second kappa shape index (κ2) is 9.32. The second-order valence-electron chi connectivity index (χ2n) is 7.42. The summed E-state index contributed by atoms with van der Waals surface area (Å²) in [5.74, 6) is 0.640. The summed E-state index contributed by atoms with van der Waals surface area (Å²) < 4.78 is 0. The van der Waals surface area contributed by atoms with Gasteiger partial charge in [0.05, 0.1) is 0 Å². The van der Waals surface area contributed by atoms with Crippen molar-refractivity contribution >= 4 is 5.91 Å². The first-order valence-corrected chi connectivity index (χ1v) is 9.72. The summed E-state index contributed by atoms with van der Waals surface area (Å²) in [6.07, 6.45) is 3.49. The van der Waals surface area contributed by atoms with Crippen LogP contribution in [0.3, 0.4) is 0 Å². The number of likely N-dealkylation sites (N-methyl/N-ethyl adjacent to an activating group) is 1. The molecule has 3 rings (SSSR count). The van der Waals surface area contributed by atoms with E-state index >= 15 is 0 Å². The Morgan fingerprint density at radius 1 is 1.20 bits per heavy atom. The van der Waals surface area contributed by atoms with Gasteiger partial charge in [0.2, 0.25) is 0 Å². The van der Waals surface area contributed by atoms with Crippen molar-refractivity contribution in [3.05, 3.63) is 35.4 Å². The molecule has 1 aromatic rings. The number of amides is 1. The molecule has 2 aliphatic heterocycles. The zero-order valence-electron chi connectivity index (χ0n) is 15.5. The molecule has 0 saturated carbocycles. The van der Waals surface area contributed by atoms with Crippen LogP contribution in [0.15, 0.2) is 24.3 Å². The molecule has 2 fully saturated rings. The van der Waals surface area contributed by atoms with E-state index < -0.39 is 0 Å². The van der Waals surface area contributed by atoms with Gasteiger partial charge in [-0.3, -0.25) is 4.79 Å². The van der Waals surface area contributed by atoms with Crippen molar-refractivity contribution in [3.8, 4) is 0 Å². The zero-order valence-corrected chi connectivity index (χ0v) is 15.5. The molecule has 0 aromatic heterocycles. The standard InChI is InChI=1S/C20H32N4O/c1-23-12-14-24(15-13-23)11-3-10-22-20(25)18-7-5-17(6-8-18)19-4-2-9-21-16-19/h5-8,19,21H,2-4,9-16H2,1H3,(H,22,25)/t19-/m1/s1. The first-order chi connectivity index (χ1) is 12.2. The predicted molar refractivity (Wildman–Crippen MR) is 102 cm³/mol. The van der Waals surface area contributed by atoms with Crippen molar-refractivity contribution in [1.29, 1.82) is 0 Å². The summed E-state index contributed by atoms with van der Waals surface area (Å²) in [6.45, 7) is 8.58. The van der Waals surface area contributed by atoms with Crippen LogP contribution in [0.2, 0.25) is 0 Å². The third kappa shape index (κ3) is 5.53. The number of nitrogens with one attached hydrogen (secondary N) is 2. The number of rotatable bonds is 6. The van der Waals surface area contributed by atoms with Gasteiger partial charge >= 0.3 is 0 Å². The topological polar surface area (TPSA) is 47.6 Å². The highest BCUT2D eigenvalue weighted by molar-refractivity contribution is 5.94. The average Bonchev–Trinajstić information content (AvgIpc) is 2.67. The Morgan fingerprint density at radius 3 is 2.64 bits per heavy atom. The van der Waals surface area contributed by atoms with Gasteiger partial charge in [-0.05, 0) is 63.0 Å². The van der Waals surface area contributed by atoms with Crippen molar-refractivity contribution in [3.63, 3.8) is 0 Å². The van der Waals surface area contributed by atoms with E-state index in [9.17, 15) is 4.79 Å². The summed E-state index contributed by atoms with van der Waals surface area (Å²) in [5.41, 5.74) is 2.12. The number of carbonyl (C=O) groups excluding carboxylic acids is 1. The van der Waals surface area contributed by atoms with Gasteiger partial charge in [-0.1, -0.05) is 12.1 Å². The lowest BCUT2D eigenvalue weighted by Crippen LogP contribution is -2.45. The fourth-order valence-electron chi connectivity index (χ4n) is 3.72. The Morgan fingerprint density at radius 2 is 1.96 bits per heavy atom. The van der Waals surface area contributed by atoms with E-state index in [-0.39, 0.29) is 5.91 Å². The highest BCUT2D eigenvalue weighted by atomic mass is 16.1. The molecule has 1 amide bonds. The Bertz CT molecular complexity index is 531. The summed E-state index contributed by atoms with van der Waals surface area (Å²) in [6, 6.07) is 8.19. The third-order valence-electron chi connectivity index (χ3n) is 5.47. The Kier molecular flexibility index (Phi) is 6.84. The smallest absolute Gasteiger partial charge is 0.251 e. The fourth-order valence-corrected chi connectivity index (χ4v) is 3.72. The minimum absolute atomic E-state index is 0.0479. The summed E-state index contributed by atoms with van der Waals surface area (Å²) in [7, 11) is 2.17. The highest BCUT2D eigenvalue weighted by Crippen LogP contribution is 2.23. The van der Waals surface area contributed by atoms with Gasteiger partial charge in [-0.25, -0.2) is 0 Å². The van der Waals surface area contributed by atoms with Gasteiger partial charge in [0.25, 0.3) is 5.91 Å². The van der Waals surface area contributed by atoms with Crippen LogP contribution in [0.4, 0.5) is 0 Å². The lowest BCUT2D eigenvalue weighted by Gasteiger charge is -2.32. The lowest BCUT2D eigenvalue weighted by atomic mass is 9.91. The van der Waals surface area contributed by atoms with E-state index in [1.54, 1.807) is 0 Å². The van der Waals surface area contributed by atoms with Crippen LogP contribution >= 0.6 is 0 Å². The number of piperazine rings is 1. The number of piperidine rings is 1. The van der Waals surface area contributed by atoms with Crippen molar-refractivity contribution in [2.75, 3.05) is 59.4 Å². The van der Waals surface area contributed by atoms with E-state index in [1.807, 2.05) is 12.1 Å². The summed E-state index contributed by atoms with van der Waals surface area (Å²) >= 11 is 0. The highest BCUT2D eigenvalue weighted by Gasteiger charge is 2.16. The molecule has 0 radical (unpaired) electrons. The molecule has 2 saturated heterocycles. The maximum absolute atomic E-state index is 12.3.